The lowest BCUT2D eigenvalue weighted by Crippen LogP contribution is -2.60. The number of hydrogen-bond donors (Lipinski definition) is 0. The van der Waals surface area contributed by atoms with Crippen LogP contribution in [0.15, 0.2) is 164 Å². The highest BCUT2D eigenvalue weighted by Gasteiger charge is 2.45. The van der Waals surface area contributed by atoms with Gasteiger partial charge in [0.1, 0.15) is 0 Å². The van der Waals surface area contributed by atoms with Gasteiger partial charge in [0.15, 0.2) is 0 Å². The molecule has 0 amide bonds. The van der Waals surface area contributed by atoms with Gasteiger partial charge < -0.3 is 9.80 Å². The van der Waals surface area contributed by atoms with E-state index in [1.165, 1.54) is 81.8 Å². The number of thiophene rings is 1. The number of benzene rings is 7. The lowest BCUT2D eigenvalue weighted by Gasteiger charge is -2.43. The van der Waals surface area contributed by atoms with Crippen LogP contribution < -0.4 is 25.5 Å². The van der Waals surface area contributed by atoms with Gasteiger partial charge in [-0.3, -0.25) is 0 Å². The standard InChI is InChI=1S/C42H27BN2S/c1-3-13-28(14-4-1)30-16-11-19-32(27-30)44-35-22-10-9-21-34(35)43-40-36(44)23-12-24-37(40)45(31-17-5-2-6-18-31)41-39-33-20-8-7-15-29(33)25-26-38(39)46-42(41)43/h1-27H. The quantitative estimate of drug-likeness (QED) is 0.186. The Hall–Kier alpha value is -5.58. The first-order valence-corrected chi connectivity index (χ1v) is 16.6. The Morgan fingerprint density at radius 2 is 1.13 bits per heavy atom. The van der Waals surface area contributed by atoms with Gasteiger partial charge in [0, 0.05) is 43.3 Å². The minimum Gasteiger partial charge on any atom is -0.311 e. The molecule has 2 aliphatic heterocycles. The molecule has 46 heavy (non-hydrogen) atoms. The molecule has 8 aromatic rings. The summed E-state index contributed by atoms with van der Waals surface area (Å²) in [7, 11) is 0. The Morgan fingerprint density at radius 3 is 2.00 bits per heavy atom. The van der Waals surface area contributed by atoms with Crippen LogP contribution in [0.5, 0.6) is 0 Å². The van der Waals surface area contributed by atoms with Crippen molar-refractivity contribution in [1.29, 1.82) is 0 Å². The van der Waals surface area contributed by atoms with Crippen LogP contribution in [0.2, 0.25) is 0 Å². The molecular formula is C42H27BN2S. The van der Waals surface area contributed by atoms with Crippen molar-refractivity contribution in [2.24, 2.45) is 0 Å². The third-order valence-electron chi connectivity index (χ3n) is 9.61. The third kappa shape index (κ3) is 3.65. The van der Waals surface area contributed by atoms with Crippen molar-refractivity contribution >= 4 is 88.7 Å². The Labute approximate surface area is 272 Å². The normalized spacial score (nSPS) is 13.1. The molecule has 0 aliphatic carbocycles. The first kappa shape index (κ1) is 25.7. The topological polar surface area (TPSA) is 6.48 Å². The van der Waals surface area contributed by atoms with Crippen molar-refractivity contribution < 1.29 is 0 Å². The molecule has 2 aliphatic rings. The van der Waals surface area contributed by atoms with E-state index in [1.807, 2.05) is 11.3 Å². The van der Waals surface area contributed by atoms with Crippen LogP contribution in [0.4, 0.5) is 34.1 Å². The molecule has 7 aromatic carbocycles. The molecule has 0 atom stereocenters. The van der Waals surface area contributed by atoms with Gasteiger partial charge in [-0.15, -0.1) is 11.3 Å². The Balaban J connectivity index is 1.29. The van der Waals surface area contributed by atoms with Crippen LogP contribution in [0.3, 0.4) is 0 Å². The second-order valence-corrected chi connectivity index (χ2v) is 13.2. The van der Waals surface area contributed by atoms with Crippen molar-refractivity contribution in [3.05, 3.63) is 164 Å². The number of rotatable bonds is 3. The van der Waals surface area contributed by atoms with Gasteiger partial charge in [-0.05, 0) is 81.4 Å². The lowest BCUT2D eigenvalue weighted by atomic mass is 9.36. The van der Waals surface area contributed by atoms with Gasteiger partial charge in [-0.2, -0.15) is 0 Å². The lowest BCUT2D eigenvalue weighted by molar-refractivity contribution is 1.26. The molecule has 0 bridgehead atoms. The zero-order valence-corrected chi connectivity index (χ0v) is 25.8. The summed E-state index contributed by atoms with van der Waals surface area (Å²) in [5, 5.41) is 3.92. The van der Waals surface area contributed by atoms with Gasteiger partial charge in [0.25, 0.3) is 6.71 Å². The van der Waals surface area contributed by atoms with Crippen LogP contribution in [-0.2, 0) is 0 Å². The van der Waals surface area contributed by atoms with Crippen molar-refractivity contribution in [2.45, 2.75) is 0 Å². The van der Waals surface area contributed by atoms with E-state index in [0.717, 1.165) is 0 Å². The second kappa shape index (κ2) is 9.97. The predicted octanol–water partition coefficient (Wildman–Crippen LogP) is 9.80. The maximum Gasteiger partial charge on any atom is 0.264 e. The van der Waals surface area contributed by atoms with Gasteiger partial charge in [0.05, 0.1) is 5.69 Å². The predicted molar refractivity (Wildman–Crippen MR) is 199 cm³/mol. The SMILES string of the molecule is c1ccc(-c2cccc(N3c4ccccc4B4c5sc6ccc7ccccc7c6c5N(c5ccccc5)c5cccc3c54)c2)cc1. The van der Waals surface area contributed by atoms with E-state index in [2.05, 4.69) is 174 Å². The van der Waals surface area contributed by atoms with Gasteiger partial charge >= 0.3 is 0 Å². The fourth-order valence-corrected chi connectivity index (χ4v) is 9.04. The summed E-state index contributed by atoms with van der Waals surface area (Å²) >= 11 is 1.95. The van der Waals surface area contributed by atoms with Crippen LogP contribution >= 0.6 is 11.3 Å². The third-order valence-corrected chi connectivity index (χ3v) is 10.8. The highest BCUT2D eigenvalue weighted by molar-refractivity contribution is 7.34. The Morgan fingerprint density at radius 1 is 0.478 bits per heavy atom. The molecule has 10 rings (SSSR count). The number of anilines is 6. The van der Waals surface area contributed by atoms with Crippen molar-refractivity contribution in [3.8, 4) is 11.1 Å². The highest BCUT2D eigenvalue weighted by atomic mass is 32.1. The molecule has 0 unspecified atom stereocenters. The van der Waals surface area contributed by atoms with E-state index >= 15 is 0 Å². The molecule has 0 fully saturated rings. The average Bonchev–Trinajstić information content (AvgIpc) is 3.52. The molecule has 0 saturated heterocycles. The van der Waals surface area contributed by atoms with E-state index < -0.39 is 0 Å². The number of hydrogen-bond acceptors (Lipinski definition) is 3. The highest BCUT2D eigenvalue weighted by Crippen LogP contribution is 2.49. The van der Waals surface area contributed by atoms with E-state index in [4.69, 9.17) is 0 Å². The second-order valence-electron chi connectivity index (χ2n) is 12.1. The minimum absolute atomic E-state index is 0.127. The maximum atomic E-state index is 2.53. The number of para-hydroxylation sites is 2. The Bertz CT molecular complexity index is 2450. The largest absolute Gasteiger partial charge is 0.311 e. The van der Waals surface area contributed by atoms with E-state index in [1.54, 1.807) is 0 Å². The van der Waals surface area contributed by atoms with Crippen molar-refractivity contribution in [3.63, 3.8) is 0 Å². The van der Waals surface area contributed by atoms with Crippen LogP contribution in [0, 0.1) is 0 Å². The van der Waals surface area contributed by atoms with Crippen LogP contribution in [-0.4, -0.2) is 6.71 Å². The summed E-state index contributed by atoms with van der Waals surface area (Å²) in [6.45, 7) is 0.127. The molecule has 1 aromatic heterocycles. The molecule has 0 spiro atoms. The summed E-state index contributed by atoms with van der Waals surface area (Å²) in [5.74, 6) is 0. The molecular weight excluding hydrogens is 575 g/mol. The van der Waals surface area contributed by atoms with E-state index in [0.29, 0.717) is 0 Å². The summed E-state index contributed by atoms with van der Waals surface area (Å²) in [4.78, 5) is 5.01. The molecule has 3 heterocycles. The fraction of sp³-hybridized carbons (Fsp3) is 0. The molecule has 0 radical (unpaired) electrons. The first-order valence-electron chi connectivity index (χ1n) is 15.8. The van der Waals surface area contributed by atoms with Gasteiger partial charge in [-0.25, -0.2) is 0 Å². The molecule has 0 N–H and O–H groups in total. The fourth-order valence-electron chi connectivity index (χ4n) is 7.71. The summed E-state index contributed by atoms with van der Waals surface area (Å²) < 4.78 is 2.73. The van der Waals surface area contributed by atoms with Gasteiger partial charge in [0.2, 0.25) is 0 Å². The number of fused-ring (bicyclic) bond motifs is 8. The molecule has 214 valence electrons. The summed E-state index contributed by atoms with van der Waals surface area (Å²) in [5.41, 5.74) is 12.5. The van der Waals surface area contributed by atoms with Crippen molar-refractivity contribution in [2.75, 3.05) is 9.80 Å². The van der Waals surface area contributed by atoms with E-state index in [-0.39, 0.29) is 6.71 Å². The van der Waals surface area contributed by atoms with Gasteiger partial charge in [-0.1, -0.05) is 115 Å². The average molecular weight is 603 g/mol. The summed E-state index contributed by atoms with van der Waals surface area (Å²) in [6.07, 6.45) is 0. The molecule has 0 saturated carbocycles. The smallest absolute Gasteiger partial charge is 0.264 e. The zero-order valence-electron chi connectivity index (χ0n) is 25.0. The monoisotopic (exact) mass is 602 g/mol. The molecule has 4 heteroatoms. The number of nitrogens with zero attached hydrogens (tertiary/aromatic N) is 2. The van der Waals surface area contributed by atoms with Crippen molar-refractivity contribution in [1.82, 2.24) is 0 Å². The van der Waals surface area contributed by atoms with E-state index in [9.17, 15) is 0 Å². The minimum atomic E-state index is 0.127. The summed E-state index contributed by atoms with van der Waals surface area (Å²) in [6, 6.07) is 59.9. The Kier molecular flexibility index (Phi) is 5.57. The molecule has 2 nitrogen and oxygen atoms in total. The zero-order chi connectivity index (χ0) is 30.2. The van der Waals surface area contributed by atoms with Crippen LogP contribution in [0.1, 0.15) is 0 Å². The maximum absolute atomic E-state index is 2.53. The first-order chi connectivity index (χ1) is 22.8. The van der Waals surface area contributed by atoms with Crippen LogP contribution in [0.25, 0.3) is 32.0 Å².